The van der Waals surface area contributed by atoms with Crippen molar-refractivity contribution in [3.8, 4) is 6.07 Å². The van der Waals surface area contributed by atoms with Crippen molar-refractivity contribution in [1.82, 2.24) is 4.31 Å². The van der Waals surface area contributed by atoms with Crippen molar-refractivity contribution >= 4 is 15.7 Å². The molecule has 0 spiro atoms. The summed E-state index contributed by atoms with van der Waals surface area (Å²) >= 11 is 0. The van der Waals surface area contributed by atoms with Crippen LogP contribution in [0.2, 0.25) is 0 Å². The Kier molecular flexibility index (Phi) is 3.78. The SMILES string of the molecule is CC(C#N)S(=O)(=O)N(Cc1ccc(N)cc1)C1CC1. The van der Waals surface area contributed by atoms with Crippen LogP contribution in [0, 0.1) is 11.3 Å². The fraction of sp³-hybridized carbons (Fsp3) is 0.462. The van der Waals surface area contributed by atoms with E-state index in [1.165, 1.54) is 11.2 Å². The van der Waals surface area contributed by atoms with E-state index >= 15 is 0 Å². The lowest BCUT2D eigenvalue weighted by Gasteiger charge is -2.23. The second-order valence-corrected chi connectivity index (χ2v) is 7.04. The summed E-state index contributed by atoms with van der Waals surface area (Å²) in [5, 5.41) is 7.84. The van der Waals surface area contributed by atoms with Crippen LogP contribution >= 0.6 is 0 Å². The van der Waals surface area contributed by atoms with Crippen LogP contribution in [-0.2, 0) is 16.6 Å². The summed E-state index contributed by atoms with van der Waals surface area (Å²) in [5.41, 5.74) is 7.14. The molecule has 102 valence electrons. The summed E-state index contributed by atoms with van der Waals surface area (Å²) in [7, 11) is -3.56. The third-order valence-corrected chi connectivity index (χ3v) is 5.31. The molecule has 6 heteroatoms. The number of hydrogen-bond donors (Lipinski definition) is 1. The summed E-state index contributed by atoms with van der Waals surface area (Å²) in [6.07, 6.45) is 1.73. The number of hydrogen-bond acceptors (Lipinski definition) is 4. The van der Waals surface area contributed by atoms with Gasteiger partial charge in [0.25, 0.3) is 0 Å². The van der Waals surface area contributed by atoms with Gasteiger partial charge in [0.15, 0.2) is 5.25 Å². The van der Waals surface area contributed by atoms with Crippen molar-refractivity contribution in [1.29, 1.82) is 5.26 Å². The first-order valence-corrected chi connectivity index (χ1v) is 7.70. The van der Waals surface area contributed by atoms with E-state index in [4.69, 9.17) is 11.0 Å². The van der Waals surface area contributed by atoms with Crippen LogP contribution in [-0.4, -0.2) is 24.0 Å². The molecule has 1 fully saturated rings. The van der Waals surface area contributed by atoms with Crippen molar-refractivity contribution in [2.24, 2.45) is 0 Å². The molecule has 1 aromatic carbocycles. The van der Waals surface area contributed by atoms with E-state index in [9.17, 15) is 8.42 Å². The Morgan fingerprint density at radius 2 is 2.00 bits per heavy atom. The highest BCUT2D eigenvalue weighted by Crippen LogP contribution is 2.32. The molecule has 1 atom stereocenters. The predicted molar refractivity (Wildman–Crippen MR) is 73.4 cm³/mol. The Morgan fingerprint density at radius 1 is 1.42 bits per heavy atom. The molecule has 19 heavy (non-hydrogen) atoms. The molecule has 0 aliphatic heterocycles. The molecular formula is C13H17N3O2S. The largest absolute Gasteiger partial charge is 0.399 e. The molecular weight excluding hydrogens is 262 g/mol. The van der Waals surface area contributed by atoms with Gasteiger partial charge >= 0.3 is 0 Å². The van der Waals surface area contributed by atoms with E-state index in [1.807, 2.05) is 18.2 Å². The molecule has 2 N–H and O–H groups in total. The quantitative estimate of drug-likeness (QED) is 0.827. The van der Waals surface area contributed by atoms with Gasteiger partial charge in [0.1, 0.15) is 0 Å². The molecule has 1 aliphatic rings. The first-order valence-electron chi connectivity index (χ1n) is 6.20. The number of nitriles is 1. The molecule has 1 aliphatic carbocycles. The zero-order valence-electron chi connectivity index (χ0n) is 10.8. The fourth-order valence-corrected chi connectivity index (χ4v) is 3.36. The molecule has 0 saturated heterocycles. The van der Waals surface area contributed by atoms with Crippen LogP contribution < -0.4 is 5.73 Å². The Morgan fingerprint density at radius 3 is 2.47 bits per heavy atom. The smallest absolute Gasteiger partial charge is 0.230 e. The van der Waals surface area contributed by atoms with Crippen LogP contribution in [0.1, 0.15) is 25.3 Å². The van der Waals surface area contributed by atoms with Crippen LogP contribution in [0.4, 0.5) is 5.69 Å². The number of nitrogen functional groups attached to an aromatic ring is 1. The first-order chi connectivity index (χ1) is 8.95. The Balaban J connectivity index is 2.22. The molecule has 0 aromatic heterocycles. The standard InChI is InChI=1S/C13H17N3O2S/c1-10(8-14)19(17,18)16(13-6-7-13)9-11-2-4-12(15)5-3-11/h2-5,10,13H,6-7,9,15H2,1H3. The second kappa shape index (κ2) is 5.19. The zero-order valence-corrected chi connectivity index (χ0v) is 11.6. The number of anilines is 1. The number of sulfonamides is 1. The molecule has 1 saturated carbocycles. The van der Waals surface area contributed by atoms with E-state index in [0.29, 0.717) is 12.2 Å². The maximum Gasteiger partial charge on any atom is 0.230 e. The van der Waals surface area contributed by atoms with E-state index in [0.717, 1.165) is 18.4 Å². The molecule has 0 bridgehead atoms. The van der Waals surface area contributed by atoms with Gasteiger partial charge in [-0.1, -0.05) is 12.1 Å². The highest BCUT2D eigenvalue weighted by Gasteiger charge is 2.39. The van der Waals surface area contributed by atoms with Gasteiger partial charge in [-0.3, -0.25) is 0 Å². The third-order valence-electron chi connectivity index (χ3n) is 3.23. The van der Waals surface area contributed by atoms with Gasteiger partial charge < -0.3 is 5.73 Å². The number of rotatable bonds is 5. The molecule has 0 heterocycles. The molecule has 1 aromatic rings. The lowest BCUT2D eigenvalue weighted by molar-refractivity contribution is 0.396. The summed E-state index contributed by atoms with van der Waals surface area (Å²) < 4.78 is 26.0. The highest BCUT2D eigenvalue weighted by molar-refractivity contribution is 7.89. The van der Waals surface area contributed by atoms with E-state index in [1.54, 1.807) is 12.1 Å². The molecule has 1 unspecified atom stereocenters. The van der Waals surface area contributed by atoms with Gasteiger partial charge in [-0.25, -0.2) is 8.42 Å². The van der Waals surface area contributed by atoms with Crippen molar-refractivity contribution < 1.29 is 8.42 Å². The normalized spacial score (nSPS) is 17.1. The van der Waals surface area contributed by atoms with Crippen LogP contribution in [0.15, 0.2) is 24.3 Å². The van der Waals surface area contributed by atoms with Crippen molar-refractivity contribution in [3.63, 3.8) is 0 Å². The summed E-state index contributed by atoms with van der Waals surface area (Å²) in [6.45, 7) is 1.73. The lowest BCUT2D eigenvalue weighted by atomic mass is 10.2. The number of nitrogens with two attached hydrogens (primary N) is 1. The lowest BCUT2D eigenvalue weighted by Crippen LogP contribution is -2.38. The Hall–Kier alpha value is -1.58. The average Bonchev–Trinajstić information content (AvgIpc) is 3.21. The fourth-order valence-electron chi connectivity index (χ4n) is 1.86. The van der Waals surface area contributed by atoms with Crippen molar-refractivity contribution in [3.05, 3.63) is 29.8 Å². The number of benzene rings is 1. The topological polar surface area (TPSA) is 87.2 Å². The molecule has 2 rings (SSSR count). The van der Waals surface area contributed by atoms with Crippen LogP contribution in [0.25, 0.3) is 0 Å². The second-order valence-electron chi connectivity index (χ2n) is 4.83. The Labute approximate surface area is 113 Å². The zero-order chi connectivity index (χ0) is 14.0. The van der Waals surface area contributed by atoms with Gasteiger partial charge in [0, 0.05) is 18.3 Å². The monoisotopic (exact) mass is 279 g/mol. The minimum atomic E-state index is -3.56. The van der Waals surface area contributed by atoms with Gasteiger partial charge in [0.2, 0.25) is 10.0 Å². The van der Waals surface area contributed by atoms with Gasteiger partial charge in [0.05, 0.1) is 6.07 Å². The van der Waals surface area contributed by atoms with Crippen LogP contribution in [0.5, 0.6) is 0 Å². The van der Waals surface area contributed by atoms with Crippen molar-refractivity contribution in [2.75, 3.05) is 5.73 Å². The van der Waals surface area contributed by atoms with Gasteiger partial charge in [-0.15, -0.1) is 0 Å². The number of nitrogens with zero attached hydrogens (tertiary/aromatic N) is 2. The summed E-state index contributed by atoms with van der Waals surface area (Å²) in [4.78, 5) is 0. The van der Waals surface area contributed by atoms with E-state index in [-0.39, 0.29) is 6.04 Å². The third kappa shape index (κ3) is 3.06. The minimum absolute atomic E-state index is 0.0401. The van der Waals surface area contributed by atoms with Crippen LogP contribution in [0.3, 0.4) is 0 Å². The molecule has 0 radical (unpaired) electrons. The molecule has 5 nitrogen and oxygen atoms in total. The van der Waals surface area contributed by atoms with E-state index < -0.39 is 15.3 Å². The maximum atomic E-state index is 12.3. The molecule has 0 amide bonds. The predicted octanol–water partition coefficient (Wildman–Crippen LogP) is 1.48. The highest BCUT2D eigenvalue weighted by atomic mass is 32.2. The summed E-state index contributed by atoms with van der Waals surface area (Å²) in [5.74, 6) is 0. The summed E-state index contributed by atoms with van der Waals surface area (Å²) in [6, 6.07) is 8.99. The van der Waals surface area contributed by atoms with Crippen molar-refractivity contribution in [2.45, 2.75) is 37.6 Å². The first kappa shape index (κ1) is 13.8. The Bertz CT molecular complexity index is 585. The maximum absolute atomic E-state index is 12.3. The minimum Gasteiger partial charge on any atom is -0.399 e. The van der Waals surface area contributed by atoms with Gasteiger partial charge in [-0.2, -0.15) is 9.57 Å². The van der Waals surface area contributed by atoms with Gasteiger partial charge in [-0.05, 0) is 37.5 Å². The average molecular weight is 279 g/mol. The van der Waals surface area contributed by atoms with E-state index in [2.05, 4.69) is 0 Å².